The van der Waals surface area contributed by atoms with E-state index in [1.54, 1.807) is 30.7 Å². The Hall–Kier alpha value is -4.30. The van der Waals surface area contributed by atoms with E-state index in [-0.39, 0.29) is 5.91 Å². The lowest BCUT2D eigenvalue weighted by atomic mass is 10.1. The van der Waals surface area contributed by atoms with Crippen molar-refractivity contribution in [1.82, 2.24) is 14.9 Å². The van der Waals surface area contributed by atoms with Crippen molar-refractivity contribution in [2.75, 3.05) is 6.54 Å². The smallest absolute Gasteiger partial charge is 0.251 e. The molecule has 0 bridgehead atoms. The second-order valence-electron chi connectivity index (χ2n) is 7.15. The number of carbonyl (C=O) groups excluding carboxylic acids is 1. The largest absolute Gasteiger partial charge is 0.456 e. The molecule has 3 aromatic carbocycles. The number of aryl methyl sites for hydroxylation is 1. The molecule has 0 unspecified atom stereocenters. The number of carbonyl (C=O) groups is 1. The molecule has 5 nitrogen and oxygen atoms in total. The lowest BCUT2D eigenvalue weighted by Crippen LogP contribution is -2.25. The highest BCUT2D eigenvalue weighted by Crippen LogP contribution is 2.26. The van der Waals surface area contributed by atoms with E-state index in [1.165, 1.54) is 0 Å². The second kappa shape index (κ2) is 10.6. The Bertz CT molecular complexity index is 1210. The van der Waals surface area contributed by atoms with Crippen molar-refractivity contribution in [3.05, 3.63) is 114 Å². The zero-order valence-electron chi connectivity index (χ0n) is 17.6. The van der Waals surface area contributed by atoms with E-state index < -0.39 is 0 Å². The van der Waals surface area contributed by atoms with Gasteiger partial charge in [-0.1, -0.05) is 48.2 Å². The molecule has 32 heavy (non-hydrogen) atoms. The van der Waals surface area contributed by atoms with Gasteiger partial charge in [-0.2, -0.15) is 0 Å². The Labute approximate surface area is 187 Å². The molecule has 4 aromatic rings. The Balaban J connectivity index is 1.50. The molecule has 0 aliphatic rings. The maximum absolute atomic E-state index is 12.7. The summed E-state index contributed by atoms with van der Waals surface area (Å²) in [4.78, 5) is 16.7. The summed E-state index contributed by atoms with van der Waals surface area (Å²) >= 11 is 0. The van der Waals surface area contributed by atoms with Crippen molar-refractivity contribution in [2.45, 2.75) is 13.0 Å². The molecule has 5 heteroatoms. The number of imidazole rings is 1. The average molecular weight is 422 g/mol. The van der Waals surface area contributed by atoms with E-state index in [1.807, 2.05) is 71.4 Å². The number of rotatable bonds is 7. The first-order valence-electron chi connectivity index (χ1n) is 10.5. The van der Waals surface area contributed by atoms with Gasteiger partial charge < -0.3 is 14.6 Å². The van der Waals surface area contributed by atoms with Crippen molar-refractivity contribution < 1.29 is 9.53 Å². The fourth-order valence-corrected chi connectivity index (χ4v) is 3.12. The van der Waals surface area contributed by atoms with Crippen molar-refractivity contribution in [3.63, 3.8) is 0 Å². The van der Waals surface area contributed by atoms with Gasteiger partial charge in [-0.15, -0.1) is 0 Å². The summed E-state index contributed by atoms with van der Waals surface area (Å²) in [6.45, 7) is 1.38. The monoisotopic (exact) mass is 421 g/mol. The molecule has 1 N–H and O–H groups in total. The van der Waals surface area contributed by atoms with Gasteiger partial charge in [0.25, 0.3) is 5.91 Å². The number of amides is 1. The van der Waals surface area contributed by atoms with Crippen LogP contribution in [0.25, 0.3) is 0 Å². The minimum Gasteiger partial charge on any atom is -0.456 e. The van der Waals surface area contributed by atoms with E-state index in [0.717, 1.165) is 18.5 Å². The van der Waals surface area contributed by atoms with Crippen LogP contribution in [0.3, 0.4) is 0 Å². The van der Waals surface area contributed by atoms with Gasteiger partial charge in [-0.05, 0) is 48.9 Å². The third-order valence-corrected chi connectivity index (χ3v) is 4.77. The molecule has 0 atom stereocenters. The summed E-state index contributed by atoms with van der Waals surface area (Å²) in [5, 5.41) is 2.97. The van der Waals surface area contributed by atoms with Gasteiger partial charge in [0.1, 0.15) is 11.5 Å². The number of para-hydroxylation sites is 1. The zero-order chi connectivity index (χ0) is 22.0. The number of nitrogens with zero attached hydrogens (tertiary/aromatic N) is 2. The maximum atomic E-state index is 12.7. The molecule has 1 amide bonds. The first-order valence-corrected chi connectivity index (χ1v) is 10.5. The highest BCUT2D eigenvalue weighted by atomic mass is 16.5. The summed E-state index contributed by atoms with van der Waals surface area (Å²) in [6, 6.07) is 24.6. The van der Waals surface area contributed by atoms with Crippen LogP contribution in [0.1, 0.15) is 27.9 Å². The Morgan fingerprint density at radius 3 is 2.50 bits per heavy atom. The van der Waals surface area contributed by atoms with Crippen molar-refractivity contribution in [1.29, 1.82) is 0 Å². The van der Waals surface area contributed by atoms with Crippen molar-refractivity contribution in [2.24, 2.45) is 0 Å². The van der Waals surface area contributed by atoms with Crippen LogP contribution in [-0.2, 0) is 6.54 Å². The highest BCUT2D eigenvalue weighted by molar-refractivity contribution is 5.94. The number of nitrogens with one attached hydrogen (secondary N) is 1. The predicted octanol–water partition coefficient (Wildman–Crippen LogP) is 4.90. The molecule has 0 spiro atoms. The molecule has 0 radical (unpaired) electrons. The van der Waals surface area contributed by atoms with Crippen molar-refractivity contribution >= 4 is 5.91 Å². The standard InChI is InChI=1S/C27H23N3O2/c31-27(29-16-7-18-30-19-17-28-21-30)24-14-15-26(32-25-10-5-2-6-11-25)23(20-24)13-12-22-8-3-1-4-9-22/h1-6,8-11,14-15,17,19-21H,7,16,18H2,(H,29,31). The Kier molecular flexibility index (Phi) is 6.97. The van der Waals surface area contributed by atoms with Crippen LogP contribution >= 0.6 is 0 Å². The van der Waals surface area contributed by atoms with Gasteiger partial charge in [0.2, 0.25) is 0 Å². The highest BCUT2D eigenvalue weighted by Gasteiger charge is 2.10. The van der Waals surface area contributed by atoms with Gasteiger partial charge in [-0.3, -0.25) is 4.79 Å². The molecule has 0 saturated heterocycles. The molecule has 1 aromatic heterocycles. The van der Waals surface area contributed by atoms with E-state index in [2.05, 4.69) is 22.1 Å². The van der Waals surface area contributed by atoms with Crippen LogP contribution in [0.4, 0.5) is 0 Å². The van der Waals surface area contributed by atoms with Gasteiger partial charge in [0.15, 0.2) is 0 Å². The minimum atomic E-state index is -0.135. The Morgan fingerprint density at radius 2 is 1.75 bits per heavy atom. The fraction of sp³-hybridized carbons (Fsp3) is 0.111. The lowest BCUT2D eigenvalue weighted by molar-refractivity contribution is 0.0952. The van der Waals surface area contributed by atoms with Crippen molar-refractivity contribution in [3.8, 4) is 23.3 Å². The number of benzene rings is 3. The minimum absolute atomic E-state index is 0.135. The molecular formula is C27H23N3O2. The summed E-state index contributed by atoms with van der Waals surface area (Å²) in [7, 11) is 0. The van der Waals surface area contributed by atoms with Gasteiger partial charge >= 0.3 is 0 Å². The van der Waals surface area contributed by atoms with Crippen LogP contribution in [0.5, 0.6) is 11.5 Å². The Morgan fingerprint density at radius 1 is 0.969 bits per heavy atom. The number of ether oxygens (including phenoxy) is 1. The van der Waals surface area contributed by atoms with Crippen LogP contribution in [0, 0.1) is 11.8 Å². The predicted molar refractivity (Wildman–Crippen MR) is 125 cm³/mol. The van der Waals surface area contributed by atoms with Crippen LogP contribution < -0.4 is 10.1 Å². The molecule has 4 rings (SSSR count). The third kappa shape index (κ3) is 5.87. The van der Waals surface area contributed by atoms with E-state index in [4.69, 9.17) is 4.74 Å². The fourth-order valence-electron chi connectivity index (χ4n) is 3.12. The molecular weight excluding hydrogens is 398 g/mol. The van der Waals surface area contributed by atoms with Gasteiger partial charge in [0, 0.05) is 36.6 Å². The number of aromatic nitrogens is 2. The first-order chi connectivity index (χ1) is 15.8. The number of hydrogen-bond donors (Lipinski definition) is 1. The summed E-state index contributed by atoms with van der Waals surface area (Å²) < 4.78 is 8.01. The summed E-state index contributed by atoms with van der Waals surface area (Å²) in [6.07, 6.45) is 6.24. The quantitative estimate of drug-likeness (QED) is 0.341. The molecule has 0 fully saturated rings. The first kappa shape index (κ1) is 21.0. The van der Waals surface area contributed by atoms with E-state index in [0.29, 0.717) is 29.2 Å². The number of hydrogen-bond acceptors (Lipinski definition) is 3. The molecule has 158 valence electrons. The second-order valence-corrected chi connectivity index (χ2v) is 7.15. The molecule has 0 saturated carbocycles. The normalized spacial score (nSPS) is 10.1. The van der Waals surface area contributed by atoms with E-state index >= 15 is 0 Å². The lowest BCUT2D eigenvalue weighted by Gasteiger charge is -2.10. The van der Waals surface area contributed by atoms with Crippen LogP contribution in [-0.4, -0.2) is 22.0 Å². The van der Waals surface area contributed by atoms with Gasteiger partial charge in [-0.25, -0.2) is 4.98 Å². The van der Waals surface area contributed by atoms with Gasteiger partial charge in [0.05, 0.1) is 11.9 Å². The third-order valence-electron chi connectivity index (χ3n) is 4.77. The zero-order valence-corrected chi connectivity index (χ0v) is 17.6. The SMILES string of the molecule is O=C(NCCCn1ccnc1)c1ccc(Oc2ccccc2)c(C#Cc2ccccc2)c1. The topological polar surface area (TPSA) is 56.2 Å². The van der Waals surface area contributed by atoms with Crippen LogP contribution in [0.2, 0.25) is 0 Å². The van der Waals surface area contributed by atoms with Crippen LogP contribution in [0.15, 0.2) is 97.6 Å². The average Bonchev–Trinajstić information content (AvgIpc) is 3.36. The maximum Gasteiger partial charge on any atom is 0.251 e. The molecule has 0 aliphatic heterocycles. The van der Waals surface area contributed by atoms with E-state index in [9.17, 15) is 4.79 Å². The summed E-state index contributed by atoms with van der Waals surface area (Å²) in [5.41, 5.74) is 2.10. The molecule has 0 aliphatic carbocycles. The summed E-state index contributed by atoms with van der Waals surface area (Å²) in [5.74, 6) is 7.50. The molecule has 1 heterocycles.